The van der Waals surface area contributed by atoms with Gasteiger partial charge < -0.3 is 10.2 Å². The predicted molar refractivity (Wildman–Crippen MR) is 93.5 cm³/mol. The highest BCUT2D eigenvalue weighted by atomic mass is 16.3. The van der Waals surface area contributed by atoms with Crippen molar-refractivity contribution in [2.24, 2.45) is 0 Å². The minimum absolute atomic E-state index is 0.00538. The molecule has 0 aliphatic heterocycles. The highest BCUT2D eigenvalue weighted by Gasteiger charge is 2.46. The van der Waals surface area contributed by atoms with E-state index in [2.05, 4.69) is 0 Å². The quantitative estimate of drug-likeness (QED) is 0.555. The molecule has 0 aliphatic rings. The lowest BCUT2D eigenvalue weighted by Crippen LogP contribution is -2.44. The van der Waals surface area contributed by atoms with E-state index in [1.54, 1.807) is 60.7 Å². The van der Waals surface area contributed by atoms with Gasteiger partial charge in [-0.15, -0.1) is 0 Å². The van der Waals surface area contributed by atoms with Crippen molar-refractivity contribution in [1.29, 1.82) is 0 Å². The number of Topliss-reactive ketones (excluding diaryl/α,β-unsaturated/α-hetero) is 2. The van der Waals surface area contributed by atoms with E-state index < -0.39 is 17.2 Å². The van der Waals surface area contributed by atoms with Crippen molar-refractivity contribution in [3.8, 4) is 5.75 Å². The molecule has 1 atom stereocenters. The van der Waals surface area contributed by atoms with Crippen LogP contribution in [0.3, 0.4) is 0 Å². The maximum absolute atomic E-state index is 13.0. The van der Waals surface area contributed by atoms with Crippen molar-refractivity contribution in [3.63, 3.8) is 0 Å². The Bertz CT molecular complexity index is 886. The highest BCUT2D eigenvalue weighted by molar-refractivity contribution is 6.22. The van der Waals surface area contributed by atoms with Crippen LogP contribution >= 0.6 is 0 Å². The second-order valence-corrected chi connectivity index (χ2v) is 5.65. The molecule has 2 N–H and O–H groups in total. The zero-order valence-corrected chi connectivity index (χ0v) is 13.3. The molecule has 0 saturated carbocycles. The SMILES string of the molecule is O=C(c1ccccc1)C(O)(C(=O)c1ccc(O)cc1)c1ccccc1. The first-order valence-corrected chi connectivity index (χ1v) is 7.75. The van der Waals surface area contributed by atoms with Gasteiger partial charge in [-0.2, -0.15) is 0 Å². The Morgan fingerprint density at radius 1 is 0.640 bits per heavy atom. The molecule has 0 aliphatic carbocycles. The Morgan fingerprint density at radius 3 is 1.60 bits per heavy atom. The topological polar surface area (TPSA) is 74.6 Å². The first kappa shape index (κ1) is 16.6. The third kappa shape index (κ3) is 3.07. The minimum atomic E-state index is -2.35. The Morgan fingerprint density at radius 2 is 1.08 bits per heavy atom. The minimum Gasteiger partial charge on any atom is -0.508 e. The molecule has 3 rings (SSSR count). The first-order valence-electron chi connectivity index (χ1n) is 7.75. The maximum Gasteiger partial charge on any atom is 0.216 e. The smallest absolute Gasteiger partial charge is 0.216 e. The molecule has 3 aromatic rings. The predicted octanol–water partition coefficient (Wildman–Crippen LogP) is 3.35. The number of hydrogen-bond donors (Lipinski definition) is 2. The van der Waals surface area contributed by atoms with E-state index in [1.807, 2.05) is 0 Å². The standard InChI is InChI=1S/C21H16O4/c22-18-13-11-16(12-14-18)20(24)21(25,17-9-5-2-6-10-17)19(23)15-7-3-1-4-8-15/h1-14,22,25H. The summed E-state index contributed by atoms with van der Waals surface area (Å²) in [7, 11) is 0. The Balaban J connectivity index is 2.14. The third-order valence-corrected chi connectivity index (χ3v) is 4.01. The molecule has 3 aromatic carbocycles. The molecule has 0 heterocycles. The number of carbonyl (C=O) groups excluding carboxylic acids is 2. The zero-order valence-electron chi connectivity index (χ0n) is 13.3. The van der Waals surface area contributed by atoms with Crippen molar-refractivity contribution < 1.29 is 19.8 Å². The number of aliphatic hydroxyl groups is 1. The lowest BCUT2D eigenvalue weighted by Gasteiger charge is -2.26. The molecular weight excluding hydrogens is 316 g/mol. The Labute approximate surface area is 145 Å². The average molecular weight is 332 g/mol. The maximum atomic E-state index is 13.0. The number of ketones is 2. The summed E-state index contributed by atoms with van der Waals surface area (Å²) >= 11 is 0. The van der Waals surface area contributed by atoms with E-state index in [0.717, 1.165) is 0 Å². The van der Waals surface area contributed by atoms with Crippen molar-refractivity contribution in [1.82, 2.24) is 0 Å². The van der Waals surface area contributed by atoms with Gasteiger partial charge in [-0.25, -0.2) is 0 Å². The normalized spacial score (nSPS) is 13.0. The van der Waals surface area contributed by atoms with Crippen LogP contribution in [0.25, 0.3) is 0 Å². The van der Waals surface area contributed by atoms with E-state index >= 15 is 0 Å². The van der Waals surface area contributed by atoms with Crippen LogP contribution in [0.1, 0.15) is 26.3 Å². The Hall–Kier alpha value is -3.24. The van der Waals surface area contributed by atoms with Crippen molar-refractivity contribution >= 4 is 11.6 Å². The van der Waals surface area contributed by atoms with E-state index in [9.17, 15) is 19.8 Å². The summed E-state index contributed by atoms with van der Waals surface area (Å²) < 4.78 is 0. The summed E-state index contributed by atoms with van der Waals surface area (Å²) in [4.78, 5) is 26.1. The molecule has 0 spiro atoms. The molecule has 4 nitrogen and oxygen atoms in total. The second-order valence-electron chi connectivity index (χ2n) is 5.65. The lowest BCUT2D eigenvalue weighted by molar-refractivity contribution is 0.0281. The zero-order chi connectivity index (χ0) is 17.9. The summed E-state index contributed by atoms with van der Waals surface area (Å²) in [5, 5.41) is 20.6. The number of aromatic hydroxyl groups is 1. The summed E-state index contributed by atoms with van der Waals surface area (Å²) in [5.41, 5.74) is -1.78. The molecule has 4 heteroatoms. The summed E-state index contributed by atoms with van der Waals surface area (Å²) in [5.74, 6) is -1.45. The number of phenolic OH excluding ortho intramolecular Hbond substituents is 1. The van der Waals surface area contributed by atoms with E-state index in [1.165, 1.54) is 24.3 Å². The largest absolute Gasteiger partial charge is 0.508 e. The van der Waals surface area contributed by atoms with Gasteiger partial charge in [0, 0.05) is 11.1 Å². The van der Waals surface area contributed by atoms with Gasteiger partial charge in [0.2, 0.25) is 17.2 Å². The third-order valence-electron chi connectivity index (χ3n) is 4.01. The number of carbonyl (C=O) groups is 2. The summed E-state index contributed by atoms with van der Waals surface area (Å²) in [6.45, 7) is 0. The van der Waals surface area contributed by atoms with Gasteiger partial charge in [0.1, 0.15) is 5.75 Å². The first-order chi connectivity index (χ1) is 12.0. The van der Waals surface area contributed by atoms with E-state index in [-0.39, 0.29) is 22.4 Å². The molecular formula is C21H16O4. The van der Waals surface area contributed by atoms with Gasteiger partial charge in [0.25, 0.3) is 0 Å². The average Bonchev–Trinajstić information content (AvgIpc) is 2.68. The molecule has 1 unspecified atom stereocenters. The number of rotatable bonds is 5. The molecule has 25 heavy (non-hydrogen) atoms. The number of phenols is 1. The number of hydrogen-bond acceptors (Lipinski definition) is 4. The van der Waals surface area contributed by atoms with Crippen LogP contribution in [0.4, 0.5) is 0 Å². The van der Waals surface area contributed by atoms with E-state index in [4.69, 9.17) is 0 Å². The molecule has 0 amide bonds. The molecule has 0 fully saturated rings. The van der Waals surface area contributed by atoms with Crippen LogP contribution in [0.15, 0.2) is 84.9 Å². The monoisotopic (exact) mass is 332 g/mol. The Kier molecular flexibility index (Phi) is 4.46. The van der Waals surface area contributed by atoms with Gasteiger partial charge in [0.05, 0.1) is 0 Å². The van der Waals surface area contributed by atoms with Crippen LogP contribution in [0.5, 0.6) is 5.75 Å². The lowest BCUT2D eigenvalue weighted by atomic mass is 9.80. The van der Waals surface area contributed by atoms with Gasteiger partial charge >= 0.3 is 0 Å². The van der Waals surface area contributed by atoms with Crippen molar-refractivity contribution in [3.05, 3.63) is 102 Å². The fourth-order valence-corrected chi connectivity index (χ4v) is 2.66. The fraction of sp³-hybridized carbons (Fsp3) is 0.0476. The van der Waals surface area contributed by atoms with Crippen LogP contribution in [-0.4, -0.2) is 21.8 Å². The fourth-order valence-electron chi connectivity index (χ4n) is 2.66. The van der Waals surface area contributed by atoms with Gasteiger partial charge in [-0.1, -0.05) is 60.7 Å². The van der Waals surface area contributed by atoms with Gasteiger partial charge in [-0.3, -0.25) is 9.59 Å². The number of benzene rings is 3. The molecule has 0 saturated heterocycles. The van der Waals surface area contributed by atoms with Gasteiger partial charge in [0.15, 0.2) is 0 Å². The van der Waals surface area contributed by atoms with Crippen molar-refractivity contribution in [2.75, 3.05) is 0 Å². The van der Waals surface area contributed by atoms with E-state index in [0.29, 0.717) is 0 Å². The van der Waals surface area contributed by atoms with Crippen LogP contribution in [0.2, 0.25) is 0 Å². The van der Waals surface area contributed by atoms with Gasteiger partial charge in [-0.05, 0) is 29.8 Å². The summed E-state index contributed by atoms with van der Waals surface area (Å²) in [6, 6.07) is 21.8. The van der Waals surface area contributed by atoms with Crippen LogP contribution in [-0.2, 0) is 5.60 Å². The van der Waals surface area contributed by atoms with Crippen LogP contribution in [0, 0.1) is 0 Å². The summed E-state index contributed by atoms with van der Waals surface area (Å²) in [6.07, 6.45) is 0. The molecule has 0 bridgehead atoms. The molecule has 124 valence electrons. The van der Waals surface area contributed by atoms with Crippen molar-refractivity contribution in [2.45, 2.75) is 5.60 Å². The highest BCUT2D eigenvalue weighted by Crippen LogP contribution is 2.30. The second kappa shape index (κ2) is 6.71. The van der Waals surface area contributed by atoms with Crippen LogP contribution < -0.4 is 0 Å². The molecule has 0 aromatic heterocycles. The molecule has 0 radical (unpaired) electrons.